The van der Waals surface area contributed by atoms with Crippen molar-refractivity contribution in [3.63, 3.8) is 0 Å². The van der Waals surface area contributed by atoms with Crippen LogP contribution in [0.25, 0.3) is 0 Å². The summed E-state index contributed by atoms with van der Waals surface area (Å²) in [7, 11) is 7.93. The maximum atomic E-state index is 14.0. The molecule has 20 nitrogen and oxygen atoms in total. The van der Waals surface area contributed by atoms with Crippen LogP contribution in [-0.4, -0.2) is 169 Å². The number of carbonyl (C=O) groups is 9. The van der Waals surface area contributed by atoms with Gasteiger partial charge in [-0.25, -0.2) is 19.2 Å². The monoisotopic (exact) mass is 810 g/mol. The zero-order chi connectivity index (χ0) is 44.2. The van der Waals surface area contributed by atoms with Crippen molar-refractivity contribution >= 4 is 53.7 Å². The van der Waals surface area contributed by atoms with Gasteiger partial charge in [0.05, 0.1) is 24.9 Å². The van der Waals surface area contributed by atoms with Crippen molar-refractivity contribution in [3.05, 3.63) is 0 Å². The molecule has 13 amide bonds. The molecule has 0 aromatic rings. The van der Waals surface area contributed by atoms with Crippen LogP contribution in [0.1, 0.15) is 75.2 Å². The van der Waals surface area contributed by atoms with Gasteiger partial charge in [-0.05, 0) is 50.5 Å². The minimum atomic E-state index is -1.29. The molecule has 1 rings (SSSR count). The number of nitrogens with one attached hydrogen (secondary N) is 5. The summed E-state index contributed by atoms with van der Waals surface area (Å²) < 4.78 is 0. The molecule has 1 fully saturated rings. The highest BCUT2D eigenvalue weighted by Gasteiger charge is 2.40. The van der Waals surface area contributed by atoms with E-state index in [0.717, 1.165) is 26.6 Å². The lowest BCUT2D eigenvalue weighted by atomic mass is 10.0. The number of hydrogen-bond acceptors (Lipinski definition) is 11. The SMILES string of the molecule is CC(C)C[C@@H]1C(=O)N(C)C(=O)N(C)C(C(C)C)C(=O)N(C)C(=O)NC(=O)N(C)CC(=O)NCC(=O)NC(C(C)C)N(C)[C@H](CC(C)C)N[C@H](C)C(=O)NC(=O)N1C. The molecular formula is C37H67N11O9. The number of urea groups is 4. The Hall–Kier alpha value is -4.85. The lowest BCUT2D eigenvalue weighted by molar-refractivity contribution is -0.136. The Bertz CT molecular complexity index is 1490. The standard InChI is InChI=1S/C37H67N11O9/c1-20(2)16-25-32(52)48(15)37(57)46(13)29(22(5)6)33(53)47(14)36(56)42-34(54)43(10)19-28(50)38-18-27(49)40-30(23(7)8)45(12)26(17-21(3)4)39-24(9)31(51)41-35(55)44(25)11/h20-26,29-30,39H,16-19H2,1-15H3,(H,38,50)(H,40,49)(H,41,51,55)(H,42,54,56)/t24-,25-,26-,29?,30?/m1/s1. The van der Waals surface area contributed by atoms with E-state index < -0.39 is 103 Å². The second-order valence-corrected chi connectivity index (χ2v) is 16.3. The van der Waals surface area contributed by atoms with Crippen molar-refractivity contribution in [1.29, 1.82) is 0 Å². The first-order valence-corrected chi connectivity index (χ1v) is 19.2. The van der Waals surface area contributed by atoms with Gasteiger partial charge in [-0.1, -0.05) is 55.4 Å². The zero-order valence-electron chi connectivity index (χ0n) is 36.4. The van der Waals surface area contributed by atoms with Crippen molar-refractivity contribution in [2.75, 3.05) is 55.4 Å². The third kappa shape index (κ3) is 14.6. The van der Waals surface area contributed by atoms with Crippen molar-refractivity contribution in [2.45, 2.75) is 106 Å². The normalized spacial score (nSPS) is 25.1. The molecule has 20 heteroatoms. The van der Waals surface area contributed by atoms with E-state index in [9.17, 15) is 43.2 Å². The van der Waals surface area contributed by atoms with Crippen LogP contribution in [0.2, 0.25) is 0 Å². The molecule has 57 heavy (non-hydrogen) atoms. The van der Waals surface area contributed by atoms with E-state index in [1.807, 2.05) is 51.8 Å². The van der Waals surface area contributed by atoms with E-state index >= 15 is 0 Å². The fourth-order valence-electron chi connectivity index (χ4n) is 6.29. The van der Waals surface area contributed by atoms with Crippen molar-refractivity contribution < 1.29 is 43.2 Å². The molecule has 0 radical (unpaired) electrons. The Labute approximate surface area is 337 Å². The van der Waals surface area contributed by atoms with Crippen LogP contribution >= 0.6 is 0 Å². The van der Waals surface area contributed by atoms with Gasteiger partial charge in [-0.2, -0.15) is 0 Å². The maximum absolute atomic E-state index is 14.0. The predicted octanol–water partition coefficient (Wildman–Crippen LogP) is 0.834. The Morgan fingerprint density at radius 2 is 1.19 bits per heavy atom. The van der Waals surface area contributed by atoms with Crippen LogP contribution in [-0.2, 0) is 24.0 Å². The number of imide groups is 4. The Morgan fingerprint density at radius 3 is 1.70 bits per heavy atom. The largest absolute Gasteiger partial charge is 0.345 e. The van der Waals surface area contributed by atoms with Crippen LogP contribution in [0, 0.1) is 23.7 Å². The summed E-state index contributed by atoms with van der Waals surface area (Å²) in [6.07, 6.45) is -0.402. The maximum Gasteiger partial charge on any atom is 0.331 e. The molecule has 5 atom stereocenters. The zero-order valence-corrected chi connectivity index (χ0v) is 36.4. The molecule has 0 spiro atoms. The van der Waals surface area contributed by atoms with E-state index in [1.165, 1.54) is 28.2 Å². The summed E-state index contributed by atoms with van der Waals surface area (Å²) in [5.74, 6) is -4.31. The molecule has 1 saturated heterocycles. The molecule has 2 unspecified atom stereocenters. The predicted molar refractivity (Wildman–Crippen MR) is 212 cm³/mol. The third-order valence-electron chi connectivity index (χ3n) is 9.64. The Kier molecular flexibility index (Phi) is 19.5. The summed E-state index contributed by atoms with van der Waals surface area (Å²) in [6, 6.07) is -7.38. The van der Waals surface area contributed by atoms with Gasteiger partial charge in [-0.3, -0.25) is 54.6 Å². The number of carbonyl (C=O) groups excluding carboxylic acids is 9. The first kappa shape index (κ1) is 50.2. The molecule has 1 heterocycles. The number of hydrogen-bond donors (Lipinski definition) is 5. The van der Waals surface area contributed by atoms with Gasteiger partial charge in [0, 0.05) is 35.2 Å². The molecule has 0 aromatic carbocycles. The van der Waals surface area contributed by atoms with E-state index in [4.69, 9.17) is 0 Å². The van der Waals surface area contributed by atoms with Crippen LogP contribution < -0.4 is 26.6 Å². The molecule has 0 bridgehead atoms. The summed E-state index contributed by atoms with van der Waals surface area (Å²) in [6.45, 7) is 15.3. The number of likely N-dealkylation sites (N-methyl/N-ethyl adjacent to an activating group) is 5. The molecule has 324 valence electrons. The van der Waals surface area contributed by atoms with Crippen LogP contribution in [0.5, 0.6) is 0 Å². The van der Waals surface area contributed by atoms with Gasteiger partial charge in [0.25, 0.3) is 11.8 Å². The molecule has 0 saturated carbocycles. The lowest BCUT2D eigenvalue weighted by Gasteiger charge is -2.40. The summed E-state index contributed by atoms with van der Waals surface area (Å²) in [5, 5.41) is 13.0. The fourth-order valence-corrected chi connectivity index (χ4v) is 6.29. The molecular weight excluding hydrogens is 742 g/mol. The van der Waals surface area contributed by atoms with Gasteiger partial charge in [-0.15, -0.1) is 0 Å². The molecule has 0 aliphatic carbocycles. The number of nitrogens with zero attached hydrogens (tertiary/aromatic N) is 6. The van der Waals surface area contributed by atoms with Crippen LogP contribution in [0.4, 0.5) is 19.2 Å². The van der Waals surface area contributed by atoms with Crippen LogP contribution in [0.3, 0.4) is 0 Å². The Balaban J connectivity index is 3.69. The smallest absolute Gasteiger partial charge is 0.331 e. The fraction of sp³-hybridized carbons (Fsp3) is 0.757. The highest BCUT2D eigenvalue weighted by molar-refractivity contribution is 6.05. The van der Waals surface area contributed by atoms with E-state index in [2.05, 4.69) is 21.3 Å². The first-order valence-electron chi connectivity index (χ1n) is 19.2. The molecule has 1 aliphatic rings. The van der Waals surface area contributed by atoms with Crippen molar-refractivity contribution in [1.82, 2.24) is 56.0 Å². The van der Waals surface area contributed by atoms with Crippen molar-refractivity contribution in [2.24, 2.45) is 23.7 Å². The second kappa shape index (κ2) is 22.2. The molecule has 5 N–H and O–H groups in total. The van der Waals surface area contributed by atoms with Crippen LogP contribution in [0.15, 0.2) is 0 Å². The minimum absolute atomic E-state index is 0.120. The number of rotatable bonds is 6. The minimum Gasteiger partial charge on any atom is -0.345 e. The summed E-state index contributed by atoms with van der Waals surface area (Å²) in [5.41, 5.74) is 0. The van der Waals surface area contributed by atoms with Gasteiger partial charge in [0.15, 0.2) is 0 Å². The van der Waals surface area contributed by atoms with Gasteiger partial charge in [0.1, 0.15) is 18.6 Å². The highest BCUT2D eigenvalue weighted by Crippen LogP contribution is 2.19. The highest BCUT2D eigenvalue weighted by atomic mass is 16.2. The second-order valence-electron chi connectivity index (χ2n) is 16.3. The van der Waals surface area contributed by atoms with Gasteiger partial charge >= 0.3 is 24.1 Å². The quantitative estimate of drug-likeness (QED) is 0.252. The van der Waals surface area contributed by atoms with E-state index in [0.29, 0.717) is 11.3 Å². The molecule has 1 aliphatic heterocycles. The van der Waals surface area contributed by atoms with Gasteiger partial charge in [0.2, 0.25) is 17.7 Å². The topological polar surface area (TPSA) is 233 Å². The van der Waals surface area contributed by atoms with E-state index in [1.54, 1.807) is 27.8 Å². The summed E-state index contributed by atoms with van der Waals surface area (Å²) >= 11 is 0. The lowest BCUT2D eigenvalue weighted by Crippen LogP contribution is -2.62. The van der Waals surface area contributed by atoms with Gasteiger partial charge < -0.3 is 25.3 Å². The van der Waals surface area contributed by atoms with E-state index in [-0.39, 0.29) is 24.2 Å². The summed E-state index contributed by atoms with van der Waals surface area (Å²) in [4.78, 5) is 126. The average Bonchev–Trinajstić information content (AvgIpc) is 3.11. The van der Waals surface area contributed by atoms with Crippen molar-refractivity contribution in [3.8, 4) is 0 Å². The first-order chi connectivity index (χ1) is 26.2. The average molecular weight is 810 g/mol. The third-order valence-corrected chi connectivity index (χ3v) is 9.64. The Morgan fingerprint density at radius 1 is 0.632 bits per heavy atom. The molecule has 0 aromatic heterocycles. The number of amides is 13.